The van der Waals surface area contributed by atoms with Crippen LogP contribution in [0.25, 0.3) is 0 Å². The van der Waals surface area contributed by atoms with Crippen molar-refractivity contribution in [2.75, 3.05) is 13.2 Å². The summed E-state index contributed by atoms with van der Waals surface area (Å²) in [5.41, 5.74) is 1.96. The third-order valence-electron chi connectivity index (χ3n) is 5.67. The van der Waals surface area contributed by atoms with Crippen molar-refractivity contribution in [1.29, 1.82) is 0 Å². The van der Waals surface area contributed by atoms with E-state index in [1.54, 1.807) is 11.8 Å². The summed E-state index contributed by atoms with van der Waals surface area (Å²) in [5.74, 6) is 1.18. The van der Waals surface area contributed by atoms with E-state index in [0.717, 1.165) is 22.0 Å². The van der Waals surface area contributed by atoms with Crippen molar-refractivity contribution in [1.82, 2.24) is 10.2 Å². The van der Waals surface area contributed by atoms with Crippen LogP contribution in [0.15, 0.2) is 46.9 Å². The first-order chi connectivity index (χ1) is 16.3. The second-order valence-corrected chi connectivity index (χ2v) is 9.20. The summed E-state index contributed by atoms with van der Waals surface area (Å²) in [6.45, 7) is 11.1. The third-order valence-corrected chi connectivity index (χ3v) is 6.20. The number of carbonyl (C=O) groups is 2. The van der Waals surface area contributed by atoms with Gasteiger partial charge >= 0.3 is 0 Å². The predicted molar refractivity (Wildman–Crippen MR) is 139 cm³/mol. The SMILES string of the molecule is CCOc1ccc(CCC(=O)N(Cc2ccc(Br)cc2)[C@H](C)C(=O)N[C@H](C)CC)cc1OCC. The Hall–Kier alpha value is -2.54. The lowest BCUT2D eigenvalue weighted by molar-refractivity contribution is -0.140. The minimum absolute atomic E-state index is 0.0559. The monoisotopic (exact) mass is 532 g/mol. The van der Waals surface area contributed by atoms with Crippen molar-refractivity contribution < 1.29 is 19.1 Å². The average molecular weight is 534 g/mol. The second kappa shape index (κ2) is 14.0. The number of hydrogen-bond donors (Lipinski definition) is 1. The minimum Gasteiger partial charge on any atom is -0.490 e. The maximum absolute atomic E-state index is 13.3. The molecular weight excluding hydrogens is 496 g/mol. The van der Waals surface area contributed by atoms with Gasteiger partial charge in [0.2, 0.25) is 11.8 Å². The molecule has 0 radical (unpaired) electrons. The van der Waals surface area contributed by atoms with Gasteiger partial charge in [-0.25, -0.2) is 0 Å². The number of rotatable bonds is 13. The van der Waals surface area contributed by atoms with Gasteiger partial charge in [-0.3, -0.25) is 9.59 Å². The molecule has 2 amide bonds. The fraction of sp³-hybridized carbons (Fsp3) is 0.481. The highest BCUT2D eigenvalue weighted by Crippen LogP contribution is 2.29. The zero-order chi connectivity index (χ0) is 25.1. The Labute approximate surface area is 212 Å². The molecule has 7 heteroatoms. The van der Waals surface area contributed by atoms with Gasteiger partial charge in [-0.05, 0) is 75.9 Å². The van der Waals surface area contributed by atoms with Gasteiger partial charge in [0.1, 0.15) is 6.04 Å². The van der Waals surface area contributed by atoms with Crippen LogP contribution in [0.4, 0.5) is 0 Å². The van der Waals surface area contributed by atoms with Gasteiger partial charge in [0.25, 0.3) is 0 Å². The Morgan fingerprint density at radius 2 is 1.56 bits per heavy atom. The van der Waals surface area contributed by atoms with Crippen molar-refractivity contribution >= 4 is 27.7 Å². The van der Waals surface area contributed by atoms with Gasteiger partial charge in [0.15, 0.2) is 11.5 Å². The van der Waals surface area contributed by atoms with Gasteiger partial charge in [-0.2, -0.15) is 0 Å². The molecule has 0 aliphatic heterocycles. The number of ether oxygens (including phenoxy) is 2. The molecule has 2 aromatic rings. The standard InChI is InChI=1S/C27H37BrN2O4/c1-6-19(4)29-27(32)20(5)30(18-22-9-13-23(28)14-10-22)26(31)16-12-21-11-15-24(33-7-2)25(17-21)34-8-3/h9-11,13-15,17,19-20H,6-8,12,16,18H2,1-5H3,(H,29,32)/t19-,20-/m1/s1. The molecule has 0 heterocycles. The first-order valence-electron chi connectivity index (χ1n) is 12.0. The normalized spacial score (nSPS) is 12.5. The first kappa shape index (κ1) is 27.7. The van der Waals surface area contributed by atoms with E-state index in [1.165, 1.54) is 0 Å². The van der Waals surface area contributed by atoms with Crippen molar-refractivity contribution in [2.24, 2.45) is 0 Å². The molecule has 0 aromatic heterocycles. The van der Waals surface area contributed by atoms with Crippen LogP contribution in [0.1, 0.15) is 58.6 Å². The summed E-state index contributed by atoms with van der Waals surface area (Å²) >= 11 is 3.45. The Kier molecular flexibility index (Phi) is 11.4. The van der Waals surface area contributed by atoms with Crippen LogP contribution in [0.5, 0.6) is 11.5 Å². The maximum Gasteiger partial charge on any atom is 0.242 e. The third kappa shape index (κ3) is 8.35. The molecule has 0 unspecified atom stereocenters. The lowest BCUT2D eigenvalue weighted by atomic mass is 10.1. The Balaban J connectivity index is 2.17. The van der Waals surface area contributed by atoms with Crippen LogP contribution in [0.2, 0.25) is 0 Å². The fourth-order valence-electron chi connectivity index (χ4n) is 3.48. The number of nitrogens with one attached hydrogen (secondary N) is 1. The smallest absolute Gasteiger partial charge is 0.242 e. The lowest BCUT2D eigenvalue weighted by Crippen LogP contribution is -2.49. The number of nitrogens with zero attached hydrogens (tertiary/aromatic N) is 1. The number of halogens is 1. The summed E-state index contributed by atoms with van der Waals surface area (Å²) < 4.78 is 12.3. The largest absolute Gasteiger partial charge is 0.490 e. The van der Waals surface area contributed by atoms with Gasteiger partial charge in [-0.15, -0.1) is 0 Å². The topological polar surface area (TPSA) is 67.9 Å². The molecule has 0 bridgehead atoms. The van der Waals surface area contributed by atoms with E-state index in [2.05, 4.69) is 21.2 Å². The predicted octanol–water partition coefficient (Wildman–Crippen LogP) is 5.51. The van der Waals surface area contributed by atoms with Crippen LogP contribution >= 0.6 is 15.9 Å². The van der Waals surface area contributed by atoms with Crippen molar-refractivity contribution in [3.8, 4) is 11.5 Å². The minimum atomic E-state index is -0.579. The lowest BCUT2D eigenvalue weighted by Gasteiger charge is -2.30. The van der Waals surface area contributed by atoms with Gasteiger partial charge in [0, 0.05) is 23.5 Å². The molecule has 0 saturated heterocycles. The molecule has 0 aliphatic rings. The molecule has 186 valence electrons. The molecule has 0 spiro atoms. The summed E-state index contributed by atoms with van der Waals surface area (Å²) in [5, 5.41) is 3.00. The molecule has 2 atom stereocenters. The van der Waals surface area contributed by atoms with Crippen LogP contribution in [-0.4, -0.2) is 42.0 Å². The van der Waals surface area contributed by atoms with Gasteiger partial charge in [0.05, 0.1) is 13.2 Å². The molecule has 0 saturated carbocycles. The van der Waals surface area contributed by atoms with E-state index in [1.807, 2.05) is 70.2 Å². The van der Waals surface area contributed by atoms with E-state index in [-0.39, 0.29) is 24.3 Å². The molecular formula is C27H37BrN2O4. The van der Waals surface area contributed by atoms with Crippen molar-refractivity contribution in [3.63, 3.8) is 0 Å². The molecule has 6 nitrogen and oxygen atoms in total. The number of carbonyl (C=O) groups excluding carboxylic acids is 2. The molecule has 2 rings (SSSR count). The zero-order valence-electron chi connectivity index (χ0n) is 20.9. The average Bonchev–Trinajstić information content (AvgIpc) is 2.83. The summed E-state index contributed by atoms with van der Waals surface area (Å²) in [4.78, 5) is 27.9. The Morgan fingerprint density at radius 3 is 2.18 bits per heavy atom. The number of aryl methyl sites for hydroxylation is 1. The first-order valence-corrected chi connectivity index (χ1v) is 12.8. The summed E-state index contributed by atoms with van der Waals surface area (Å²) in [6.07, 6.45) is 1.66. The van der Waals surface area contributed by atoms with E-state index in [4.69, 9.17) is 9.47 Å². The summed E-state index contributed by atoms with van der Waals surface area (Å²) in [7, 11) is 0. The Bertz CT molecular complexity index is 933. The highest BCUT2D eigenvalue weighted by atomic mass is 79.9. The maximum atomic E-state index is 13.3. The van der Waals surface area contributed by atoms with E-state index >= 15 is 0 Å². The van der Waals surface area contributed by atoms with Crippen LogP contribution in [0.3, 0.4) is 0 Å². The number of amides is 2. The molecule has 1 N–H and O–H groups in total. The number of hydrogen-bond acceptors (Lipinski definition) is 4. The molecule has 0 aliphatic carbocycles. The zero-order valence-corrected chi connectivity index (χ0v) is 22.5. The van der Waals surface area contributed by atoms with Crippen molar-refractivity contribution in [2.45, 2.75) is 72.5 Å². The van der Waals surface area contributed by atoms with Crippen LogP contribution < -0.4 is 14.8 Å². The molecule has 34 heavy (non-hydrogen) atoms. The quantitative estimate of drug-likeness (QED) is 0.369. The Morgan fingerprint density at radius 1 is 0.941 bits per heavy atom. The highest BCUT2D eigenvalue weighted by Gasteiger charge is 2.26. The summed E-state index contributed by atoms with van der Waals surface area (Å²) in [6, 6.07) is 13.1. The second-order valence-electron chi connectivity index (χ2n) is 8.29. The van der Waals surface area contributed by atoms with E-state index in [9.17, 15) is 9.59 Å². The van der Waals surface area contributed by atoms with Crippen LogP contribution in [0, 0.1) is 0 Å². The van der Waals surface area contributed by atoms with Gasteiger partial charge < -0.3 is 19.7 Å². The fourth-order valence-corrected chi connectivity index (χ4v) is 3.74. The van der Waals surface area contributed by atoms with Crippen LogP contribution in [-0.2, 0) is 22.6 Å². The van der Waals surface area contributed by atoms with Crippen molar-refractivity contribution in [3.05, 3.63) is 58.1 Å². The van der Waals surface area contributed by atoms with E-state index < -0.39 is 6.04 Å². The molecule has 0 fully saturated rings. The highest BCUT2D eigenvalue weighted by molar-refractivity contribution is 9.10. The number of benzene rings is 2. The van der Waals surface area contributed by atoms with Gasteiger partial charge in [-0.1, -0.05) is 41.1 Å². The molecule has 2 aromatic carbocycles. The van der Waals surface area contributed by atoms with E-state index in [0.29, 0.717) is 37.7 Å².